The van der Waals surface area contributed by atoms with Crippen molar-refractivity contribution in [1.82, 2.24) is 9.47 Å². The minimum atomic E-state index is -0.323. The topological polar surface area (TPSA) is 25.2 Å². The number of para-hydroxylation sites is 2. The molecule has 0 amide bonds. The van der Waals surface area contributed by atoms with Gasteiger partial charge in [-0.05, 0) is 63.2 Å². The van der Waals surface area contributed by atoms with Crippen molar-refractivity contribution in [2.24, 2.45) is 0 Å². The number of halogens is 1. The molecular formula is C20H21FN2O. The van der Waals surface area contributed by atoms with Crippen LogP contribution in [0.5, 0.6) is 0 Å². The van der Waals surface area contributed by atoms with Crippen LogP contribution in [-0.2, 0) is 6.54 Å². The normalized spacial score (nSPS) is 15.5. The maximum Gasteiger partial charge on any atom is 0.197 e. The van der Waals surface area contributed by atoms with Gasteiger partial charge in [0.1, 0.15) is 5.82 Å². The van der Waals surface area contributed by atoms with Gasteiger partial charge in [0.05, 0.1) is 11.0 Å². The minimum Gasteiger partial charge on any atom is -0.338 e. The molecule has 1 aromatic heterocycles. The molecule has 1 aliphatic rings. The van der Waals surface area contributed by atoms with E-state index < -0.39 is 0 Å². The first kappa shape index (κ1) is 15.3. The van der Waals surface area contributed by atoms with E-state index >= 15 is 0 Å². The fourth-order valence-electron chi connectivity index (χ4n) is 3.83. The van der Waals surface area contributed by atoms with Crippen molar-refractivity contribution in [2.75, 3.05) is 19.6 Å². The smallest absolute Gasteiger partial charge is 0.197 e. The summed E-state index contributed by atoms with van der Waals surface area (Å²) in [5.74, 6) is -0.323. The lowest BCUT2D eigenvalue weighted by Crippen LogP contribution is -2.22. The lowest BCUT2D eigenvalue weighted by Gasteiger charge is -2.18. The fourth-order valence-corrected chi connectivity index (χ4v) is 3.83. The molecule has 0 bridgehead atoms. The molecule has 4 heteroatoms. The molecule has 0 spiro atoms. The van der Waals surface area contributed by atoms with Gasteiger partial charge in [0, 0.05) is 17.3 Å². The van der Waals surface area contributed by atoms with Crippen molar-refractivity contribution in [1.29, 1.82) is 0 Å². The monoisotopic (exact) mass is 324 g/mol. The van der Waals surface area contributed by atoms with Crippen LogP contribution in [0, 0.1) is 5.82 Å². The number of hydrogen-bond acceptors (Lipinski definition) is 2. The van der Waals surface area contributed by atoms with Crippen LogP contribution in [0.2, 0.25) is 0 Å². The summed E-state index contributed by atoms with van der Waals surface area (Å²) >= 11 is 0. The molecule has 0 unspecified atom stereocenters. The van der Waals surface area contributed by atoms with Gasteiger partial charge in [-0.2, -0.15) is 0 Å². The zero-order valence-electron chi connectivity index (χ0n) is 13.7. The number of benzene rings is 2. The Kier molecular flexibility index (Phi) is 4.07. The molecule has 0 aliphatic carbocycles. The van der Waals surface area contributed by atoms with Crippen molar-refractivity contribution in [3.8, 4) is 0 Å². The van der Waals surface area contributed by atoms with Gasteiger partial charge in [-0.3, -0.25) is 4.79 Å². The largest absolute Gasteiger partial charge is 0.338 e. The Labute approximate surface area is 140 Å². The second kappa shape index (κ2) is 6.36. The first-order chi connectivity index (χ1) is 11.8. The predicted molar refractivity (Wildman–Crippen MR) is 96.0 cm³/mol. The number of rotatable bonds is 4. The third-order valence-electron chi connectivity index (χ3n) is 5.00. The summed E-state index contributed by atoms with van der Waals surface area (Å²) in [4.78, 5) is 15.1. The van der Waals surface area contributed by atoms with Crippen LogP contribution in [0.1, 0.15) is 19.3 Å². The Morgan fingerprint density at radius 3 is 2.50 bits per heavy atom. The summed E-state index contributed by atoms with van der Waals surface area (Å²) in [6.07, 6.45) is 3.51. The van der Waals surface area contributed by atoms with E-state index in [1.807, 2.05) is 28.8 Å². The van der Waals surface area contributed by atoms with Gasteiger partial charge in [0.2, 0.25) is 0 Å². The minimum absolute atomic E-state index is 0.0871. The number of aryl methyl sites for hydroxylation is 1. The average Bonchev–Trinajstić information content (AvgIpc) is 3.11. The highest BCUT2D eigenvalue weighted by atomic mass is 19.1. The number of nitrogens with zero attached hydrogens (tertiary/aromatic N) is 2. The van der Waals surface area contributed by atoms with Gasteiger partial charge >= 0.3 is 0 Å². The molecule has 3 aromatic rings. The van der Waals surface area contributed by atoms with Gasteiger partial charge in [0.25, 0.3) is 0 Å². The lowest BCUT2D eigenvalue weighted by atomic mass is 10.1. The maximum atomic E-state index is 14.5. The van der Waals surface area contributed by atoms with Crippen LogP contribution in [-0.4, -0.2) is 29.1 Å². The summed E-state index contributed by atoms with van der Waals surface area (Å²) in [5, 5.41) is 1.13. The molecule has 2 aromatic carbocycles. The Morgan fingerprint density at radius 1 is 0.917 bits per heavy atom. The summed E-state index contributed by atoms with van der Waals surface area (Å²) in [5.41, 5.74) is 1.17. The average molecular weight is 324 g/mol. The van der Waals surface area contributed by atoms with E-state index in [0.29, 0.717) is 22.8 Å². The maximum absolute atomic E-state index is 14.5. The van der Waals surface area contributed by atoms with Crippen molar-refractivity contribution >= 4 is 21.8 Å². The van der Waals surface area contributed by atoms with E-state index in [0.717, 1.165) is 18.5 Å². The van der Waals surface area contributed by atoms with E-state index in [4.69, 9.17) is 0 Å². The SMILES string of the molecule is O=c1c2ccccc2n(CCCN2CCCC2)c2c(F)cccc12. The van der Waals surface area contributed by atoms with Crippen LogP contribution < -0.4 is 5.43 Å². The van der Waals surface area contributed by atoms with Gasteiger partial charge in [-0.15, -0.1) is 0 Å². The molecule has 0 N–H and O–H groups in total. The highest BCUT2D eigenvalue weighted by Gasteiger charge is 2.15. The number of likely N-dealkylation sites (tertiary alicyclic amines) is 1. The molecule has 1 fully saturated rings. The van der Waals surface area contributed by atoms with Crippen molar-refractivity contribution < 1.29 is 4.39 Å². The summed E-state index contributed by atoms with van der Waals surface area (Å²) in [6.45, 7) is 4.07. The molecular weight excluding hydrogens is 303 g/mol. The van der Waals surface area contributed by atoms with Crippen molar-refractivity contribution in [2.45, 2.75) is 25.8 Å². The van der Waals surface area contributed by atoms with E-state index in [2.05, 4.69) is 4.90 Å². The first-order valence-electron chi connectivity index (χ1n) is 8.68. The highest BCUT2D eigenvalue weighted by Crippen LogP contribution is 2.22. The standard InChI is InChI=1S/C20H21FN2O/c21-17-9-5-8-16-19(17)23(14-6-13-22-11-3-4-12-22)18-10-2-1-7-15(18)20(16)24/h1-2,5,7-10H,3-4,6,11-14H2. The summed E-state index contributed by atoms with van der Waals surface area (Å²) in [6, 6.07) is 12.3. The van der Waals surface area contributed by atoms with Gasteiger partial charge < -0.3 is 9.47 Å². The van der Waals surface area contributed by atoms with E-state index in [1.165, 1.54) is 32.0 Å². The van der Waals surface area contributed by atoms with Crippen LogP contribution in [0.3, 0.4) is 0 Å². The van der Waals surface area contributed by atoms with E-state index in [-0.39, 0.29) is 11.2 Å². The predicted octanol–water partition coefficient (Wildman–Crippen LogP) is 3.78. The number of pyridine rings is 1. The third kappa shape index (κ3) is 2.61. The molecule has 4 rings (SSSR count). The van der Waals surface area contributed by atoms with E-state index in [1.54, 1.807) is 12.1 Å². The zero-order valence-corrected chi connectivity index (χ0v) is 13.7. The Balaban J connectivity index is 1.81. The third-order valence-corrected chi connectivity index (χ3v) is 5.00. The zero-order chi connectivity index (χ0) is 16.5. The molecule has 1 aliphatic heterocycles. The molecule has 0 atom stereocenters. The Bertz CT molecular complexity index is 941. The second-order valence-electron chi connectivity index (χ2n) is 6.54. The van der Waals surface area contributed by atoms with Gasteiger partial charge in [-0.1, -0.05) is 18.2 Å². The molecule has 1 saturated heterocycles. The van der Waals surface area contributed by atoms with Crippen molar-refractivity contribution in [3.63, 3.8) is 0 Å². The van der Waals surface area contributed by atoms with Gasteiger partial charge in [-0.25, -0.2) is 4.39 Å². The lowest BCUT2D eigenvalue weighted by molar-refractivity contribution is 0.326. The first-order valence-corrected chi connectivity index (χ1v) is 8.68. The van der Waals surface area contributed by atoms with Crippen LogP contribution in [0.25, 0.3) is 21.8 Å². The molecule has 2 heterocycles. The van der Waals surface area contributed by atoms with Gasteiger partial charge in [0.15, 0.2) is 5.43 Å². The molecule has 24 heavy (non-hydrogen) atoms. The Morgan fingerprint density at radius 2 is 1.67 bits per heavy atom. The summed E-state index contributed by atoms with van der Waals surface area (Å²) in [7, 11) is 0. The second-order valence-corrected chi connectivity index (χ2v) is 6.54. The molecule has 0 radical (unpaired) electrons. The number of aromatic nitrogens is 1. The molecule has 0 saturated carbocycles. The number of hydrogen-bond donors (Lipinski definition) is 0. The van der Waals surface area contributed by atoms with E-state index in [9.17, 15) is 9.18 Å². The van der Waals surface area contributed by atoms with Crippen LogP contribution in [0.15, 0.2) is 47.3 Å². The molecule has 3 nitrogen and oxygen atoms in total. The Hall–Kier alpha value is -2.20. The van der Waals surface area contributed by atoms with Crippen LogP contribution in [0.4, 0.5) is 4.39 Å². The number of fused-ring (bicyclic) bond motifs is 2. The van der Waals surface area contributed by atoms with Crippen LogP contribution >= 0.6 is 0 Å². The summed E-state index contributed by atoms with van der Waals surface area (Å²) < 4.78 is 16.5. The fraction of sp³-hybridized carbons (Fsp3) is 0.350. The molecule has 124 valence electrons. The highest BCUT2D eigenvalue weighted by molar-refractivity contribution is 5.93. The quantitative estimate of drug-likeness (QED) is 0.683. The van der Waals surface area contributed by atoms with Crippen molar-refractivity contribution in [3.05, 3.63) is 58.5 Å².